The van der Waals surface area contributed by atoms with Crippen LogP contribution < -0.4 is 10.2 Å². The van der Waals surface area contributed by atoms with Gasteiger partial charge in [0, 0.05) is 50.5 Å². The molecule has 1 atom stereocenters. The molecule has 2 aliphatic heterocycles. The molecular formula is C18H27N3O. The van der Waals surface area contributed by atoms with Gasteiger partial charge in [0.15, 0.2) is 5.78 Å². The van der Waals surface area contributed by atoms with E-state index in [1.54, 1.807) is 0 Å². The average Bonchev–Trinajstić information content (AvgIpc) is 2.60. The van der Waals surface area contributed by atoms with Crippen LogP contribution >= 0.6 is 0 Å². The zero-order valence-corrected chi connectivity index (χ0v) is 13.8. The predicted octanol–water partition coefficient (Wildman–Crippen LogP) is 1.94. The lowest BCUT2D eigenvalue weighted by Gasteiger charge is -2.33. The minimum Gasteiger partial charge on any atom is -0.372 e. The molecule has 2 aliphatic rings. The summed E-state index contributed by atoms with van der Waals surface area (Å²) in [5.41, 5.74) is 3.52. The van der Waals surface area contributed by atoms with Crippen LogP contribution in [0, 0.1) is 0 Å². The van der Waals surface area contributed by atoms with Gasteiger partial charge in [0.2, 0.25) is 0 Å². The molecule has 1 saturated heterocycles. The van der Waals surface area contributed by atoms with Crippen LogP contribution in [0.4, 0.5) is 5.69 Å². The molecule has 1 fully saturated rings. The molecule has 1 unspecified atom stereocenters. The first-order valence-electron chi connectivity index (χ1n) is 8.57. The number of carbonyl (C=O) groups excluding carboxylic acids is 1. The minimum absolute atomic E-state index is 0.0289. The number of rotatable bonds is 4. The van der Waals surface area contributed by atoms with Crippen molar-refractivity contribution in [3.05, 3.63) is 29.3 Å². The van der Waals surface area contributed by atoms with Gasteiger partial charge in [0.05, 0.1) is 6.04 Å². The number of carbonyl (C=O) groups is 1. The average molecular weight is 301 g/mol. The number of fused-ring (bicyclic) bond motifs is 1. The molecule has 1 N–H and O–H groups in total. The third-order valence-electron chi connectivity index (χ3n) is 5.05. The van der Waals surface area contributed by atoms with Gasteiger partial charge in [-0.2, -0.15) is 0 Å². The second kappa shape index (κ2) is 6.80. The van der Waals surface area contributed by atoms with Crippen LogP contribution in [0.3, 0.4) is 0 Å². The van der Waals surface area contributed by atoms with Crippen molar-refractivity contribution in [2.24, 2.45) is 0 Å². The number of anilines is 1. The lowest BCUT2D eigenvalue weighted by atomic mass is 9.96. The molecule has 0 spiro atoms. The van der Waals surface area contributed by atoms with Gasteiger partial charge in [0.25, 0.3) is 0 Å². The molecule has 120 valence electrons. The number of aryl methyl sites for hydroxylation is 1. The summed E-state index contributed by atoms with van der Waals surface area (Å²) in [7, 11) is 0. The van der Waals surface area contributed by atoms with Crippen LogP contribution in [0.15, 0.2) is 18.2 Å². The lowest BCUT2D eigenvalue weighted by Crippen LogP contribution is -2.50. The molecule has 2 heterocycles. The van der Waals surface area contributed by atoms with Crippen LogP contribution in [-0.2, 0) is 6.42 Å². The van der Waals surface area contributed by atoms with Crippen molar-refractivity contribution in [3.8, 4) is 0 Å². The number of piperazine rings is 1. The van der Waals surface area contributed by atoms with Gasteiger partial charge < -0.3 is 10.2 Å². The van der Waals surface area contributed by atoms with E-state index in [1.807, 2.05) is 13.0 Å². The molecule has 0 aromatic heterocycles. The quantitative estimate of drug-likeness (QED) is 0.862. The van der Waals surface area contributed by atoms with Gasteiger partial charge in [-0.15, -0.1) is 0 Å². The Bertz CT molecular complexity index is 537. The number of Topliss-reactive ketones (excluding diaryl/α,β-unsaturated/α-hetero) is 1. The van der Waals surface area contributed by atoms with Crippen LogP contribution in [0.1, 0.15) is 36.2 Å². The van der Waals surface area contributed by atoms with E-state index in [0.29, 0.717) is 0 Å². The van der Waals surface area contributed by atoms with Crippen molar-refractivity contribution in [2.75, 3.05) is 44.2 Å². The number of ketones is 1. The fraction of sp³-hybridized carbons (Fsp3) is 0.611. The summed E-state index contributed by atoms with van der Waals surface area (Å²) in [5.74, 6) is 0.256. The maximum absolute atomic E-state index is 12.8. The van der Waals surface area contributed by atoms with Crippen molar-refractivity contribution >= 4 is 11.5 Å². The highest BCUT2D eigenvalue weighted by molar-refractivity contribution is 6.00. The maximum Gasteiger partial charge on any atom is 0.179 e. The molecule has 0 bridgehead atoms. The molecule has 3 rings (SSSR count). The number of hydrogen-bond donors (Lipinski definition) is 1. The SMILES string of the molecule is CCN1CCCc2ccc(C(=O)C(C)N3CCNCC3)cc21. The zero-order valence-electron chi connectivity index (χ0n) is 13.8. The van der Waals surface area contributed by atoms with E-state index >= 15 is 0 Å². The predicted molar refractivity (Wildman–Crippen MR) is 90.9 cm³/mol. The van der Waals surface area contributed by atoms with Crippen molar-refractivity contribution in [3.63, 3.8) is 0 Å². The number of nitrogens with zero attached hydrogens (tertiary/aromatic N) is 2. The standard InChI is InChI=1S/C18H27N3O/c1-3-20-10-4-5-15-6-7-16(13-17(15)20)18(22)14(2)21-11-8-19-9-12-21/h6-7,13-14,19H,3-5,8-12H2,1-2H3. The Balaban J connectivity index is 1.80. The van der Waals surface area contributed by atoms with Gasteiger partial charge in [-0.25, -0.2) is 0 Å². The Morgan fingerprint density at radius 1 is 1.27 bits per heavy atom. The summed E-state index contributed by atoms with van der Waals surface area (Å²) in [6, 6.07) is 6.28. The van der Waals surface area contributed by atoms with E-state index < -0.39 is 0 Å². The Labute approximate surface area is 133 Å². The van der Waals surface area contributed by atoms with Crippen LogP contribution in [0.5, 0.6) is 0 Å². The molecule has 22 heavy (non-hydrogen) atoms. The summed E-state index contributed by atoms with van der Waals surface area (Å²) < 4.78 is 0. The highest BCUT2D eigenvalue weighted by Gasteiger charge is 2.25. The molecule has 0 saturated carbocycles. The molecule has 4 nitrogen and oxygen atoms in total. The zero-order chi connectivity index (χ0) is 15.5. The molecule has 0 aliphatic carbocycles. The monoisotopic (exact) mass is 301 g/mol. The third-order valence-corrected chi connectivity index (χ3v) is 5.05. The first kappa shape index (κ1) is 15.5. The second-order valence-corrected chi connectivity index (χ2v) is 6.35. The Morgan fingerprint density at radius 3 is 2.77 bits per heavy atom. The lowest BCUT2D eigenvalue weighted by molar-refractivity contribution is 0.0820. The van der Waals surface area contributed by atoms with Gasteiger partial charge in [-0.05, 0) is 38.3 Å². The van der Waals surface area contributed by atoms with E-state index in [1.165, 1.54) is 17.7 Å². The van der Waals surface area contributed by atoms with Crippen molar-refractivity contribution in [2.45, 2.75) is 32.7 Å². The number of nitrogens with one attached hydrogen (secondary N) is 1. The van der Waals surface area contributed by atoms with Crippen LogP contribution in [0.2, 0.25) is 0 Å². The van der Waals surface area contributed by atoms with Gasteiger partial charge in [-0.1, -0.05) is 12.1 Å². The Kier molecular flexibility index (Phi) is 4.79. The van der Waals surface area contributed by atoms with Crippen molar-refractivity contribution in [1.82, 2.24) is 10.2 Å². The minimum atomic E-state index is -0.0289. The molecule has 4 heteroatoms. The van der Waals surface area contributed by atoms with E-state index in [9.17, 15) is 4.79 Å². The largest absolute Gasteiger partial charge is 0.372 e. The van der Waals surface area contributed by atoms with Crippen LogP contribution in [-0.4, -0.2) is 56.0 Å². The summed E-state index contributed by atoms with van der Waals surface area (Å²) in [6.07, 6.45) is 2.35. The normalized spacial score (nSPS) is 20.5. The fourth-order valence-electron chi connectivity index (χ4n) is 3.61. The Hall–Kier alpha value is -1.39. The summed E-state index contributed by atoms with van der Waals surface area (Å²) in [6.45, 7) is 10.2. The molecule has 1 aromatic carbocycles. The fourth-order valence-corrected chi connectivity index (χ4v) is 3.61. The number of hydrogen-bond acceptors (Lipinski definition) is 4. The Morgan fingerprint density at radius 2 is 2.05 bits per heavy atom. The third kappa shape index (κ3) is 3.03. The second-order valence-electron chi connectivity index (χ2n) is 6.35. The van der Waals surface area contributed by atoms with E-state index in [2.05, 4.69) is 34.2 Å². The van der Waals surface area contributed by atoms with Crippen molar-refractivity contribution in [1.29, 1.82) is 0 Å². The van der Waals surface area contributed by atoms with Gasteiger partial charge in [-0.3, -0.25) is 9.69 Å². The maximum atomic E-state index is 12.8. The highest BCUT2D eigenvalue weighted by Crippen LogP contribution is 2.28. The highest BCUT2D eigenvalue weighted by atomic mass is 16.1. The molecule has 0 radical (unpaired) electrons. The van der Waals surface area contributed by atoms with E-state index in [4.69, 9.17) is 0 Å². The van der Waals surface area contributed by atoms with Crippen LogP contribution in [0.25, 0.3) is 0 Å². The summed E-state index contributed by atoms with van der Waals surface area (Å²) in [4.78, 5) is 17.5. The number of benzene rings is 1. The van der Waals surface area contributed by atoms with Gasteiger partial charge >= 0.3 is 0 Å². The molecular weight excluding hydrogens is 274 g/mol. The van der Waals surface area contributed by atoms with E-state index in [-0.39, 0.29) is 11.8 Å². The smallest absolute Gasteiger partial charge is 0.179 e. The first-order chi connectivity index (χ1) is 10.7. The molecule has 0 amide bonds. The topological polar surface area (TPSA) is 35.6 Å². The summed E-state index contributed by atoms with van der Waals surface area (Å²) in [5, 5.41) is 3.34. The van der Waals surface area contributed by atoms with Gasteiger partial charge in [0.1, 0.15) is 0 Å². The summed E-state index contributed by atoms with van der Waals surface area (Å²) >= 11 is 0. The first-order valence-corrected chi connectivity index (χ1v) is 8.57. The van der Waals surface area contributed by atoms with Crippen molar-refractivity contribution < 1.29 is 4.79 Å². The van der Waals surface area contributed by atoms with E-state index in [0.717, 1.165) is 51.3 Å². The molecule has 1 aromatic rings.